The molecule has 0 spiro atoms. The Morgan fingerprint density at radius 1 is 1.00 bits per heavy atom. The zero-order valence-electron chi connectivity index (χ0n) is 16.6. The number of anilines is 2. The molecule has 0 aliphatic rings. The van der Waals surface area contributed by atoms with Crippen molar-refractivity contribution >= 4 is 40.9 Å². The normalized spacial score (nSPS) is 10.4. The van der Waals surface area contributed by atoms with Crippen molar-refractivity contribution in [3.8, 4) is 0 Å². The van der Waals surface area contributed by atoms with E-state index in [1.807, 2.05) is 0 Å². The number of halogens is 1. The van der Waals surface area contributed by atoms with Gasteiger partial charge in [-0.3, -0.25) is 19.7 Å². The third-order valence-electron chi connectivity index (χ3n) is 4.25. The van der Waals surface area contributed by atoms with Crippen molar-refractivity contribution < 1.29 is 9.59 Å². The lowest BCUT2D eigenvalue weighted by Gasteiger charge is -2.14. The maximum Gasteiger partial charge on any atom is 0.262 e. The van der Waals surface area contributed by atoms with E-state index in [-0.39, 0.29) is 11.4 Å². The molecule has 0 bridgehead atoms. The Labute approximate surface area is 178 Å². The highest BCUT2D eigenvalue weighted by molar-refractivity contribution is 6.30. The number of amides is 2. The van der Waals surface area contributed by atoms with Crippen LogP contribution in [0.1, 0.15) is 26.3 Å². The van der Waals surface area contributed by atoms with Gasteiger partial charge in [-0.05, 0) is 24.3 Å². The average molecular weight is 426 g/mol. The van der Waals surface area contributed by atoms with Gasteiger partial charge in [0.15, 0.2) is 0 Å². The Balaban J connectivity index is 1.76. The summed E-state index contributed by atoms with van der Waals surface area (Å²) in [4.78, 5) is 31.0. The molecule has 2 amide bonds. The van der Waals surface area contributed by atoms with Crippen LogP contribution in [-0.4, -0.2) is 51.4 Å². The summed E-state index contributed by atoms with van der Waals surface area (Å²) in [5.41, 5.74) is 1.26. The number of nitrogens with one attached hydrogen (secondary N) is 3. The molecular weight excluding hydrogens is 406 g/mol. The van der Waals surface area contributed by atoms with Crippen LogP contribution in [0.25, 0.3) is 0 Å². The number of carbonyl (C=O) groups is 2. The Morgan fingerprint density at radius 3 is 2.27 bits per heavy atom. The monoisotopic (exact) mass is 425 g/mol. The molecule has 0 aliphatic carbocycles. The molecule has 154 valence electrons. The van der Waals surface area contributed by atoms with Crippen molar-refractivity contribution in [3.05, 3.63) is 70.5 Å². The van der Waals surface area contributed by atoms with E-state index in [0.717, 1.165) is 0 Å². The first-order chi connectivity index (χ1) is 14.3. The molecule has 0 unspecified atom stereocenters. The Morgan fingerprint density at radius 2 is 1.67 bits per heavy atom. The third kappa shape index (κ3) is 4.64. The van der Waals surface area contributed by atoms with Crippen molar-refractivity contribution in [2.45, 2.75) is 0 Å². The van der Waals surface area contributed by atoms with Gasteiger partial charge in [0.05, 0.1) is 11.2 Å². The second-order valence-corrected chi connectivity index (χ2v) is 7.06. The summed E-state index contributed by atoms with van der Waals surface area (Å²) in [6.07, 6.45) is 2.78. The van der Waals surface area contributed by atoms with Crippen molar-refractivity contribution in [1.82, 2.24) is 19.7 Å². The molecule has 0 radical (unpaired) electrons. The van der Waals surface area contributed by atoms with E-state index in [0.29, 0.717) is 27.8 Å². The fourth-order valence-corrected chi connectivity index (χ4v) is 2.71. The van der Waals surface area contributed by atoms with Crippen molar-refractivity contribution in [1.29, 1.82) is 5.41 Å². The van der Waals surface area contributed by atoms with Gasteiger partial charge in [0.25, 0.3) is 11.8 Å². The Hall–Kier alpha value is -3.72. The molecule has 3 aromatic rings. The standard InChI is InChI=1S/C20H20ClN7O2/c1-27(2)17(22)12-4-6-13(7-5-12)19(29)26-18-15(11-24-28(18)3)20(30)25-16-9-8-14(21)10-23-16/h4-11,22H,1-3H3,(H,26,29)(H,23,25,30). The molecule has 10 heteroatoms. The molecule has 3 rings (SSSR count). The number of pyridine rings is 1. The van der Waals surface area contributed by atoms with Gasteiger partial charge in [-0.1, -0.05) is 23.7 Å². The quantitative estimate of drug-likeness (QED) is 0.429. The molecule has 2 aromatic heterocycles. The summed E-state index contributed by atoms with van der Waals surface area (Å²) in [6, 6.07) is 9.81. The average Bonchev–Trinajstić information content (AvgIpc) is 3.09. The predicted molar refractivity (Wildman–Crippen MR) is 115 cm³/mol. The van der Waals surface area contributed by atoms with E-state index < -0.39 is 11.8 Å². The molecule has 30 heavy (non-hydrogen) atoms. The summed E-state index contributed by atoms with van der Waals surface area (Å²) < 4.78 is 1.40. The van der Waals surface area contributed by atoms with Crippen LogP contribution < -0.4 is 10.6 Å². The van der Waals surface area contributed by atoms with Crippen molar-refractivity contribution in [2.24, 2.45) is 7.05 Å². The molecule has 0 atom stereocenters. The molecule has 0 saturated heterocycles. The predicted octanol–water partition coefficient (Wildman–Crippen LogP) is 2.86. The number of aryl methyl sites for hydroxylation is 1. The molecular formula is C20H20ClN7O2. The molecule has 1 aromatic carbocycles. The maximum atomic E-state index is 12.7. The zero-order chi connectivity index (χ0) is 21.8. The van der Waals surface area contributed by atoms with Crippen LogP contribution in [-0.2, 0) is 7.05 Å². The highest BCUT2D eigenvalue weighted by atomic mass is 35.5. The first-order valence-electron chi connectivity index (χ1n) is 8.89. The number of rotatable bonds is 5. The van der Waals surface area contributed by atoms with Crippen LogP contribution in [0.2, 0.25) is 5.02 Å². The number of carbonyl (C=O) groups excluding carboxylic acids is 2. The van der Waals surface area contributed by atoms with E-state index in [1.54, 1.807) is 62.4 Å². The number of hydrogen-bond donors (Lipinski definition) is 3. The summed E-state index contributed by atoms with van der Waals surface area (Å²) in [6.45, 7) is 0. The summed E-state index contributed by atoms with van der Waals surface area (Å²) in [5.74, 6) is 0.0348. The fraction of sp³-hybridized carbons (Fsp3) is 0.150. The molecule has 0 fully saturated rings. The lowest BCUT2D eigenvalue weighted by Crippen LogP contribution is -2.22. The van der Waals surface area contributed by atoms with Gasteiger partial charge in [0, 0.05) is 38.5 Å². The van der Waals surface area contributed by atoms with Gasteiger partial charge in [0.1, 0.15) is 23.0 Å². The molecule has 3 N–H and O–H groups in total. The van der Waals surface area contributed by atoms with Crippen molar-refractivity contribution in [2.75, 3.05) is 24.7 Å². The van der Waals surface area contributed by atoms with Gasteiger partial charge in [0.2, 0.25) is 0 Å². The van der Waals surface area contributed by atoms with E-state index in [9.17, 15) is 9.59 Å². The third-order valence-corrected chi connectivity index (χ3v) is 4.48. The Bertz CT molecular complexity index is 1090. The second kappa shape index (κ2) is 8.75. The largest absolute Gasteiger partial charge is 0.363 e. The molecule has 9 nitrogen and oxygen atoms in total. The van der Waals surface area contributed by atoms with Crippen LogP contribution in [0, 0.1) is 5.41 Å². The lowest BCUT2D eigenvalue weighted by molar-refractivity contribution is 0.102. The van der Waals surface area contributed by atoms with E-state index in [4.69, 9.17) is 17.0 Å². The summed E-state index contributed by atoms with van der Waals surface area (Å²) in [5, 5.41) is 17.9. The number of benzene rings is 1. The summed E-state index contributed by atoms with van der Waals surface area (Å²) >= 11 is 5.80. The van der Waals surface area contributed by atoms with Gasteiger partial charge >= 0.3 is 0 Å². The van der Waals surface area contributed by atoms with Crippen LogP contribution in [0.4, 0.5) is 11.6 Å². The van der Waals surface area contributed by atoms with E-state index in [2.05, 4.69) is 20.7 Å². The number of amidine groups is 1. The van der Waals surface area contributed by atoms with Crippen LogP contribution in [0.5, 0.6) is 0 Å². The van der Waals surface area contributed by atoms with E-state index in [1.165, 1.54) is 17.1 Å². The van der Waals surface area contributed by atoms with Crippen LogP contribution in [0.3, 0.4) is 0 Å². The van der Waals surface area contributed by atoms with Gasteiger partial charge in [-0.2, -0.15) is 5.10 Å². The minimum absolute atomic E-state index is 0.189. The maximum absolute atomic E-state index is 12.7. The van der Waals surface area contributed by atoms with Crippen molar-refractivity contribution in [3.63, 3.8) is 0 Å². The van der Waals surface area contributed by atoms with Crippen LogP contribution in [0.15, 0.2) is 48.8 Å². The molecule has 2 heterocycles. The minimum Gasteiger partial charge on any atom is -0.363 e. The molecule has 0 aliphatic heterocycles. The minimum atomic E-state index is -0.469. The van der Waals surface area contributed by atoms with Gasteiger partial charge < -0.3 is 15.5 Å². The lowest BCUT2D eigenvalue weighted by atomic mass is 10.1. The Kier molecular flexibility index (Phi) is 6.12. The fourth-order valence-electron chi connectivity index (χ4n) is 2.60. The van der Waals surface area contributed by atoms with Gasteiger partial charge in [-0.15, -0.1) is 0 Å². The zero-order valence-corrected chi connectivity index (χ0v) is 17.4. The highest BCUT2D eigenvalue weighted by Gasteiger charge is 2.19. The first-order valence-corrected chi connectivity index (χ1v) is 9.26. The number of aromatic nitrogens is 3. The van der Waals surface area contributed by atoms with E-state index >= 15 is 0 Å². The summed E-state index contributed by atoms with van der Waals surface area (Å²) in [7, 11) is 5.17. The first kappa shape index (κ1) is 21.0. The van der Waals surface area contributed by atoms with Gasteiger partial charge in [-0.25, -0.2) is 4.98 Å². The second-order valence-electron chi connectivity index (χ2n) is 6.62. The smallest absolute Gasteiger partial charge is 0.262 e. The topological polar surface area (TPSA) is 116 Å². The highest BCUT2D eigenvalue weighted by Crippen LogP contribution is 2.18. The molecule has 0 saturated carbocycles. The number of nitrogens with zero attached hydrogens (tertiary/aromatic N) is 4. The number of hydrogen-bond acceptors (Lipinski definition) is 5. The van der Waals surface area contributed by atoms with Crippen LogP contribution >= 0.6 is 11.6 Å². The SMILES string of the molecule is CN(C)C(=N)c1ccc(C(=O)Nc2c(C(=O)Nc3ccc(Cl)cn3)cnn2C)cc1.